The molecule has 0 unspecified atom stereocenters. The lowest BCUT2D eigenvalue weighted by molar-refractivity contribution is -0.148. The van der Waals surface area contributed by atoms with Gasteiger partial charge in [-0.15, -0.1) is 0 Å². The van der Waals surface area contributed by atoms with Gasteiger partial charge in [-0.25, -0.2) is 8.78 Å². The highest BCUT2D eigenvalue weighted by Crippen LogP contribution is 2.49. The van der Waals surface area contributed by atoms with Gasteiger partial charge in [0.25, 0.3) is 0 Å². The van der Waals surface area contributed by atoms with E-state index < -0.39 is 17.2 Å². The molecule has 1 N–H and O–H groups in total. The maximum atomic E-state index is 14.0. The minimum Gasteiger partial charge on any atom is -0.384 e. The Labute approximate surface area is 146 Å². The summed E-state index contributed by atoms with van der Waals surface area (Å²) < 4.78 is 27.5. The second kappa shape index (κ2) is 6.46. The van der Waals surface area contributed by atoms with Crippen LogP contribution in [0, 0.1) is 23.5 Å². The molecule has 2 heterocycles. The maximum Gasteiger partial charge on any atom is 0.163 e. The first-order valence-electron chi connectivity index (χ1n) is 8.87. The number of hydrogen-bond acceptors (Lipinski definition) is 3. The van der Waals surface area contributed by atoms with E-state index in [2.05, 4.69) is 9.88 Å². The van der Waals surface area contributed by atoms with Crippen LogP contribution in [0.25, 0.3) is 0 Å². The molecule has 0 spiro atoms. The quantitative estimate of drug-likeness (QED) is 0.926. The van der Waals surface area contributed by atoms with Gasteiger partial charge in [0.2, 0.25) is 0 Å². The number of benzene rings is 1. The first kappa shape index (κ1) is 16.6. The van der Waals surface area contributed by atoms with Crippen molar-refractivity contribution in [2.24, 2.45) is 11.8 Å². The number of piperidine rings is 1. The molecule has 25 heavy (non-hydrogen) atoms. The molecule has 2 bridgehead atoms. The molecule has 2 atom stereocenters. The molecule has 1 saturated carbocycles. The van der Waals surface area contributed by atoms with Crippen molar-refractivity contribution < 1.29 is 13.9 Å². The smallest absolute Gasteiger partial charge is 0.163 e. The Morgan fingerprint density at radius 1 is 1.12 bits per heavy atom. The molecule has 5 heteroatoms. The van der Waals surface area contributed by atoms with E-state index in [-0.39, 0.29) is 11.8 Å². The van der Waals surface area contributed by atoms with Crippen molar-refractivity contribution in [2.45, 2.75) is 31.4 Å². The summed E-state index contributed by atoms with van der Waals surface area (Å²) in [5.74, 6) is -1.40. The van der Waals surface area contributed by atoms with E-state index in [1.807, 2.05) is 12.1 Å². The number of pyridine rings is 1. The van der Waals surface area contributed by atoms with Crippen molar-refractivity contribution in [2.75, 3.05) is 13.1 Å². The number of rotatable bonds is 3. The van der Waals surface area contributed by atoms with Gasteiger partial charge in [0.1, 0.15) is 0 Å². The van der Waals surface area contributed by atoms with Crippen molar-refractivity contribution in [3.05, 3.63) is 65.5 Å². The number of fused-ring (bicyclic) bond motifs is 2. The largest absolute Gasteiger partial charge is 0.384 e. The topological polar surface area (TPSA) is 36.4 Å². The molecular weight excluding hydrogens is 322 g/mol. The third kappa shape index (κ3) is 2.85. The number of likely N-dealkylation sites (tertiary alicyclic amines) is 1. The van der Waals surface area contributed by atoms with E-state index in [0.29, 0.717) is 25.2 Å². The standard InChI is InChI=1S/C20H22F2N2O/c21-18-8-1-4-14(19(18)22)11-24-12-16-5-2-6-17(13-24)20(16,25)15-7-3-9-23-10-15/h1,3-4,7-10,16-17,25H,2,5-6,11-13H2/t16-,17-/m1/s1. The van der Waals surface area contributed by atoms with Gasteiger partial charge in [0, 0.05) is 55.0 Å². The van der Waals surface area contributed by atoms with Crippen LogP contribution in [-0.2, 0) is 12.1 Å². The van der Waals surface area contributed by atoms with Gasteiger partial charge in [-0.2, -0.15) is 0 Å². The summed E-state index contributed by atoms with van der Waals surface area (Å²) in [5, 5.41) is 11.5. The molecule has 1 aromatic heterocycles. The third-order valence-electron chi connectivity index (χ3n) is 5.86. The Balaban J connectivity index is 1.58. The molecule has 1 saturated heterocycles. The predicted molar refractivity (Wildman–Crippen MR) is 90.6 cm³/mol. The summed E-state index contributed by atoms with van der Waals surface area (Å²) in [5.41, 5.74) is 0.384. The number of aromatic nitrogens is 1. The molecule has 4 rings (SSSR count). The Hall–Kier alpha value is -1.85. The number of hydrogen-bond donors (Lipinski definition) is 1. The third-order valence-corrected chi connectivity index (χ3v) is 5.86. The van der Waals surface area contributed by atoms with E-state index in [1.165, 1.54) is 0 Å². The van der Waals surface area contributed by atoms with Gasteiger partial charge in [-0.3, -0.25) is 9.88 Å². The SMILES string of the molecule is OC1(c2cccnc2)[C@@H]2CCC[C@@H]1CN(Cc1cccc(F)c1F)C2. The minimum atomic E-state index is -0.872. The number of nitrogens with zero attached hydrogens (tertiary/aromatic N) is 2. The zero-order valence-electron chi connectivity index (χ0n) is 14.0. The van der Waals surface area contributed by atoms with Crippen LogP contribution < -0.4 is 0 Å². The Bertz CT molecular complexity index is 739. The van der Waals surface area contributed by atoms with Crippen LogP contribution in [0.3, 0.4) is 0 Å². The molecule has 1 aliphatic carbocycles. The van der Waals surface area contributed by atoms with Crippen LogP contribution in [0.1, 0.15) is 30.4 Å². The van der Waals surface area contributed by atoms with E-state index in [9.17, 15) is 13.9 Å². The average molecular weight is 344 g/mol. The molecular formula is C20H22F2N2O. The molecule has 0 radical (unpaired) electrons. The van der Waals surface area contributed by atoms with E-state index in [0.717, 1.165) is 30.9 Å². The lowest BCUT2D eigenvalue weighted by Crippen LogP contribution is -2.57. The summed E-state index contributed by atoms with van der Waals surface area (Å²) >= 11 is 0. The summed E-state index contributed by atoms with van der Waals surface area (Å²) in [4.78, 5) is 6.33. The summed E-state index contributed by atoms with van der Waals surface area (Å²) in [7, 11) is 0. The number of halogens is 2. The first-order chi connectivity index (χ1) is 12.1. The monoisotopic (exact) mass is 344 g/mol. The van der Waals surface area contributed by atoms with Crippen LogP contribution in [-0.4, -0.2) is 28.1 Å². The summed E-state index contributed by atoms with van der Waals surface area (Å²) in [6.07, 6.45) is 6.44. The zero-order chi connectivity index (χ0) is 17.4. The van der Waals surface area contributed by atoms with Gasteiger partial charge in [-0.05, 0) is 25.0 Å². The normalized spacial score (nSPS) is 29.6. The van der Waals surface area contributed by atoms with Crippen LogP contribution in [0.5, 0.6) is 0 Å². The molecule has 1 aliphatic heterocycles. The van der Waals surface area contributed by atoms with Gasteiger partial charge in [-0.1, -0.05) is 24.6 Å². The van der Waals surface area contributed by atoms with Crippen molar-refractivity contribution >= 4 is 0 Å². The predicted octanol–water partition coefficient (Wildman–Crippen LogP) is 3.48. The summed E-state index contributed by atoms with van der Waals surface area (Å²) in [6.45, 7) is 1.73. The Morgan fingerprint density at radius 2 is 1.88 bits per heavy atom. The van der Waals surface area contributed by atoms with Crippen LogP contribution in [0.4, 0.5) is 8.78 Å². The first-order valence-corrected chi connectivity index (χ1v) is 8.87. The van der Waals surface area contributed by atoms with E-state index in [1.54, 1.807) is 24.5 Å². The molecule has 2 aromatic rings. The van der Waals surface area contributed by atoms with Crippen LogP contribution in [0.15, 0.2) is 42.7 Å². The molecule has 1 aromatic carbocycles. The Morgan fingerprint density at radius 3 is 2.56 bits per heavy atom. The van der Waals surface area contributed by atoms with Gasteiger partial charge < -0.3 is 5.11 Å². The highest BCUT2D eigenvalue weighted by atomic mass is 19.2. The van der Waals surface area contributed by atoms with E-state index >= 15 is 0 Å². The maximum absolute atomic E-state index is 14.0. The zero-order valence-corrected chi connectivity index (χ0v) is 14.0. The lowest BCUT2D eigenvalue weighted by Gasteiger charge is -2.53. The molecule has 3 nitrogen and oxygen atoms in total. The number of aliphatic hydroxyl groups is 1. The highest BCUT2D eigenvalue weighted by molar-refractivity contribution is 5.24. The van der Waals surface area contributed by atoms with Gasteiger partial charge in [0.05, 0.1) is 5.60 Å². The summed E-state index contributed by atoms with van der Waals surface area (Å²) in [6, 6.07) is 8.13. The fourth-order valence-electron chi connectivity index (χ4n) is 4.65. The van der Waals surface area contributed by atoms with Gasteiger partial charge in [0.15, 0.2) is 11.6 Å². The van der Waals surface area contributed by atoms with Crippen molar-refractivity contribution in [3.63, 3.8) is 0 Å². The van der Waals surface area contributed by atoms with Crippen molar-refractivity contribution in [3.8, 4) is 0 Å². The van der Waals surface area contributed by atoms with Gasteiger partial charge >= 0.3 is 0 Å². The van der Waals surface area contributed by atoms with Crippen molar-refractivity contribution in [1.82, 2.24) is 9.88 Å². The van der Waals surface area contributed by atoms with Crippen LogP contribution in [0.2, 0.25) is 0 Å². The second-order valence-corrected chi connectivity index (χ2v) is 7.30. The average Bonchev–Trinajstić information content (AvgIpc) is 2.60. The fourth-order valence-corrected chi connectivity index (χ4v) is 4.65. The molecule has 2 fully saturated rings. The lowest BCUT2D eigenvalue weighted by atomic mass is 9.63. The fraction of sp³-hybridized carbons (Fsp3) is 0.450. The minimum absolute atomic E-state index is 0.0841. The Kier molecular flexibility index (Phi) is 4.29. The van der Waals surface area contributed by atoms with Crippen molar-refractivity contribution in [1.29, 1.82) is 0 Å². The second-order valence-electron chi connectivity index (χ2n) is 7.30. The molecule has 0 amide bonds. The molecule has 132 valence electrons. The molecule has 2 aliphatic rings. The van der Waals surface area contributed by atoms with E-state index in [4.69, 9.17) is 0 Å². The highest BCUT2D eigenvalue weighted by Gasteiger charge is 2.51. The van der Waals surface area contributed by atoms with Crippen LogP contribution >= 0.6 is 0 Å².